The zero-order chi connectivity index (χ0) is 21.7. The number of amides is 2. The van der Waals surface area contributed by atoms with Crippen molar-refractivity contribution in [1.82, 2.24) is 15.2 Å². The lowest BCUT2D eigenvalue weighted by atomic mass is 9.79. The van der Waals surface area contributed by atoms with Crippen LogP contribution in [0, 0.1) is 5.41 Å². The van der Waals surface area contributed by atoms with Crippen molar-refractivity contribution in [3.63, 3.8) is 0 Å². The fourth-order valence-corrected chi connectivity index (χ4v) is 4.34. The molecule has 0 saturated carbocycles. The Hall–Kier alpha value is -3.47. The first-order chi connectivity index (χ1) is 15.1. The van der Waals surface area contributed by atoms with Gasteiger partial charge in [-0.2, -0.15) is 0 Å². The van der Waals surface area contributed by atoms with Gasteiger partial charge < -0.3 is 10.2 Å². The van der Waals surface area contributed by atoms with Crippen LogP contribution in [0.4, 0.5) is 0 Å². The number of carbonyl (C=O) groups is 2. The molecule has 5 heteroatoms. The Morgan fingerprint density at radius 2 is 1.77 bits per heavy atom. The summed E-state index contributed by atoms with van der Waals surface area (Å²) in [4.78, 5) is 32.1. The molecule has 1 N–H and O–H groups in total. The predicted molar refractivity (Wildman–Crippen MR) is 121 cm³/mol. The number of likely N-dealkylation sites (tertiary alicyclic amines) is 1. The van der Waals surface area contributed by atoms with Crippen LogP contribution in [0.15, 0.2) is 79.0 Å². The van der Waals surface area contributed by atoms with E-state index in [1.807, 2.05) is 37.3 Å². The maximum atomic E-state index is 13.2. The molecule has 158 valence electrons. The number of rotatable bonds is 6. The zero-order valence-electron chi connectivity index (χ0n) is 17.8. The minimum absolute atomic E-state index is 0.0106. The molecule has 1 aromatic heterocycles. The largest absolute Gasteiger partial charge is 0.356 e. The molecule has 1 fully saturated rings. The molecule has 0 aliphatic carbocycles. The summed E-state index contributed by atoms with van der Waals surface area (Å²) in [5.41, 5.74) is 3.15. The lowest BCUT2D eigenvalue weighted by Crippen LogP contribution is -2.45. The number of nitrogens with zero attached hydrogens (tertiary/aromatic N) is 2. The summed E-state index contributed by atoms with van der Waals surface area (Å²) in [6, 6.07) is 23.9. The van der Waals surface area contributed by atoms with Crippen molar-refractivity contribution >= 4 is 11.8 Å². The standard InChI is InChI=1S/C26H27N3O2/c1-2-27-25(31)26(14-16-29(19-26)24(30)23-13-6-7-15-28-23)18-20-9-8-12-22(17-20)21-10-4-3-5-11-21/h3-13,15,17H,2,14,16,18-19H2,1H3,(H,27,31)/t26-/m0/s1. The van der Waals surface area contributed by atoms with Gasteiger partial charge in [0.15, 0.2) is 0 Å². The van der Waals surface area contributed by atoms with Crippen LogP contribution < -0.4 is 5.32 Å². The van der Waals surface area contributed by atoms with Crippen LogP contribution in [-0.4, -0.2) is 41.3 Å². The number of nitrogens with one attached hydrogen (secondary N) is 1. The molecule has 0 unspecified atom stereocenters. The second kappa shape index (κ2) is 9.13. The maximum absolute atomic E-state index is 13.2. The van der Waals surface area contributed by atoms with Crippen molar-refractivity contribution in [2.24, 2.45) is 5.41 Å². The van der Waals surface area contributed by atoms with Crippen molar-refractivity contribution < 1.29 is 9.59 Å². The molecule has 0 radical (unpaired) electrons. The number of carbonyl (C=O) groups excluding carboxylic acids is 2. The number of aromatic nitrogens is 1. The second-order valence-corrected chi connectivity index (χ2v) is 8.07. The molecule has 2 amide bonds. The van der Waals surface area contributed by atoms with E-state index in [-0.39, 0.29) is 11.8 Å². The summed E-state index contributed by atoms with van der Waals surface area (Å²) in [5, 5.41) is 3.00. The third kappa shape index (κ3) is 4.50. The highest BCUT2D eigenvalue weighted by atomic mass is 16.2. The quantitative estimate of drug-likeness (QED) is 0.665. The van der Waals surface area contributed by atoms with Gasteiger partial charge in [0.05, 0.1) is 5.41 Å². The average molecular weight is 414 g/mol. The molecule has 2 aromatic carbocycles. The molecule has 1 aliphatic rings. The first-order valence-corrected chi connectivity index (χ1v) is 10.7. The molecule has 0 bridgehead atoms. The minimum Gasteiger partial charge on any atom is -0.356 e. The molecule has 1 saturated heterocycles. The van der Waals surface area contributed by atoms with Gasteiger partial charge in [0.1, 0.15) is 5.69 Å². The second-order valence-electron chi connectivity index (χ2n) is 8.07. The first kappa shape index (κ1) is 20.8. The Balaban J connectivity index is 1.59. The van der Waals surface area contributed by atoms with E-state index >= 15 is 0 Å². The summed E-state index contributed by atoms with van der Waals surface area (Å²) in [6.07, 6.45) is 2.84. The first-order valence-electron chi connectivity index (χ1n) is 10.7. The summed E-state index contributed by atoms with van der Waals surface area (Å²) in [7, 11) is 0. The highest BCUT2D eigenvalue weighted by molar-refractivity contribution is 5.93. The third-order valence-corrected chi connectivity index (χ3v) is 5.92. The fraction of sp³-hybridized carbons (Fsp3) is 0.269. The van der Waals surface area contributed by atoms with Crippen LogP contribution in [0.1, 0.15) is 29.4 Å². The van der Waals surface area contributed by atoms with Gasteiger partial charge in [-0.15, -0.1) is 0 Å². The topological polar surface area (TPSA) is 62.3 Å². The Labute approximate surface area is 183 Å². The van der Waals surface area contributed by atoms with Gasteiger partial charge in [0.25, 0.3) is 5.91 Å². The summed E-state index contributed by atoms with van der Waals surface area (Å²) in [6.45, 7) is 3.43. The zero-order valence-corrected chi connectivity index (χ0v) is 17.8. The van der Waals surface area contributed by atoms with Gasteiger partial charge in [0, 0.05) is 25.8 Å². The molecular weight excluding hydrogens is 386 g/mol. The van der Waals surface area contributed by atoms with Gasteiger partial charge in [-0.1, -0.05) is 60.7 Å². The van der Waals surface area contributed by atoms with Gasteiger partial charge in [-0.25, -0.2) is 0 Å². The minimum atomic E-state index is -0.643. The average Bonchev–Trinajstić information content (AvgIpc) is 3.25. The smallest absolute Gasteiger partial charge is 0.272 e. The normalized spacial score (nSPS) is 18.0. The van der Waals surface area contributed by atoms with Crippen molar-refractivity contribution in [3.05, 3.63) is 90.3 Å². The number of pyridine rings is 1. The highest BCUT2D eigenvalue weighted by Crippen LogP contribution is 2.36. The summed E-state index contributed by atoms with van der Waals surface area (Å²) < 4.78 is 0. The molecule has 0 spiro atoms. The Morgan fingerprint density at radius 1 is 1.00 bits per heavy atom. The van der Waals surface area contributed by atoms with Crippen LogP contribution in [0.5, 0.6) is 0 Å². The van der Waals surface area contributed by atoms with Crippen LogP contribution in [0.2, 0.25) is 0 Å². The molecule has 1 atom stereocenters. The van der Waals surface area contributed by atoms with Crippen molar-refractivity contribution in [2.75, 3.05) is 19.6 Å². The molecule has 1 aliphatic heterocycles. The van der Waals surface area contributed by atoms with Crippen LogP contribution in [0.25, 0.3) is 11.1 Å². The van der Waals surface area contributed by atoms with Gasteiger partial charge >= 0.3 is 0 Å². The van der Waals surface area contributed by atoms with Crippen LogP contribution in [0.3, 0.4) is 0 Å². The lowest BCUT2D eigenvalue weighted by molar-refractivity contribution is -0.130. The molecule has 31 heavy (non-hydrogen) atoms. The van der Waals surface area contributed by atoms with E-state index < -0.39 is 5.41 Å². The molecular formula is C26H27N3O2. The lowest BCUT2D eigenvalue weighted by Gasteiger charge is -2.28. The number of hydrogen-bond donors (Lipinski definition) is 1. The molecule has 4 rings (SSSR count). The summed E-state index contributed by atoms with van der Waals surface area (Å²) >= 11 is 0. The van der Waals surface area contributed by atoms with Gasteiger partial charge in [-0.3, -0.25) is 14.6 Å². The molecule has 3 aromatic rings. The summed E-state index contributed by atoms with van der Waals surface area (Å²) in [5.74, 6) is -0.110. The van der Waals surface area contributed by atoms with E-state index in [1.54, 1.807) is 23.2 Å². The van der Waals surface area contributed by atoms with E-state index in [9.17, 15) is 9.59 Å². The predicted octanol–water partition coefficient (Wildman–Crippen LogP) is 3.96. The Kier molecular flexibility index (Phi) is 6.12. The van der Waals surface area contributed by atoms with Gasteiger partial charge in [-0.05, 0) is 48.6 Å². The van der Waals surface area contributed by atoms with Gasteiger partial charge in [0.2, 0.25) is 5.91 Å². The maximum Gasteiger partial charge on any atom is 0.272 e. The number of benzene rings is 2. The molecule has 5 nitrogen and oxygen atoms in total. The highest BCUT2D eigenvalue weighted by Gasteiger charge is 2.46. The SMILES string of the molecule is CCNC(=O)[C@]1(Cc2cccc(-c3ccccc3)c2)CCN(C(=O)c2ccccn2)C1. The van der Waals surface area contributed by atoms with Crippen molar-refractivity contribution in [2.45, 2.75) is 19.8 Å². The number of hydrogen-bond acceptors (Lipinski definition) is 3. The van der Waals surface area contributed by atoms with E-state index in [2.05, 4.69) is 40.6 Å². The van der Waals surface area contributed by atoms with Crippen molar-refractivity contribution in [3.8, 4) is 11.1 Å². The monoisotopic (exact) mass is 413 g/mol. The van der Waals surface area contributed by atoms with E-state index in [1.165, 1.54) is 0 Å². The third-order valence-electron chi connectivity index (χ3n) is 5.92. The Morgan fingerprint density at radius 3 is 2.52 bits per heavy atom. The van der Waals surface area contributed by atoms with Crippen LogP contribution in [-0.2, 0) is 11.2 Å². The van der Waals surface area contributed by atoms with Crippen molar-refractivity contribution in [1.29, 1.82) is 0 Å². The van der Waals surface area contributed by atoms with Crippen LogP contribution >= 0.6 is 0 Å². The van der Waals surface area contributed by atoms with E-state index in [0.29, 0.717) is 38.2 Å². The fourth-order valence-electron chi connectivity index (χ4n) is 4.34. The Bertz CT molecular complexity index is 1050. The van der Waals surface area contributed by atoms with E-state index in [4.69, 9.17) is 0 Å². The van der Waals surface area contributed by atoms with E-state index in [0.717, 1.165) is 16.7 Å². The molecule has 2 heterocycles.